The molecule has 0 aromatic heterocycles. The van der Waals surface area contributed by atoms with Gasteiger partial charge in [0.2, 0.25) is 0 Å². The van der Waals surface area contributed by atoms with Crippen LogP contribution in [0.1, 0.15) is 92.9 Å². The molecule has 0 aromatic carbocycles. The third-order valence-corrected chi connectivity index (χ3v) is 12.5. The second-order valence-corrected chi connectivity index (χ2v) is 14.6. The van der Waals surface area contributed by atoms with Crippen LogP contribution in [0, 0.1) is 44.3 Å². The van der Waals surface area contributed by atoms with Crippen molar-refractivity contribution in [3.05, 3.63) is 23.3 Å². The minimum atomic E-state index is -1.09. The standard InChI is InChI=1S/C30H46O5/c1-25(2)13-14-30(24(34)35)19(15-25)18-7-8-21-26(3)11-10-22(32)27(4,17-31)20(26)9-12-28(21,5)29(18,6)16-23(30)33/h7,9,19,21-23,31-33H,8,10-17H2,1-6H3,(H,34,35)/t19-,21+,22-,23+,26-,27-,28+,29+,30+/m0/s1. The molecule has 5 nitrogen and oxygen atoms in total. The van der Waals surface area contributed by atoms with Crippen molar-refractivity contribution in [1.29, 1.82) is 0 Å². The third-order valence-electron chi connectivity index (χ3n) is 12.5. The summed E-state index contributed by atoms with van der Waals surface area (Å²) in [6.45, 7) is 13.4. The number of aliphatic carboxylic acids is 1. The fourth-order valence-electron chi connectivity index (χ4n) is 10.0. The predicted octanol–water partition coefficient (Wildman–Crippen LogP) is 5.10. The van der Waals surface area contributed by atoms with Crippen LogP contribution in [0.3, 0.4) is 0 Å². The summed E-state index contributed by atoms with van der Waals surface area (Å²) in [5.41, 5.74) is 0.221. The molecule has 5 aliphatic rings. The zero-order chi connectivity index (χ0) is 25.8. The van der Waals surface area contributed by atoms with Crippen molar-refractivity contribution in [2.45, 2.75) is 105 Å². The Kier molecular flexibility index (Phi) is 5.42. The van der Waals surface area contributed by atoms with Crippen molar-refractivity contribution in [2.75, 3.05) is 6.61 Å². The topological polar surface area (TPSA) is 98.0 Å². The number of carboxylic acid groups (broad SMARTS) is 1. The zero-order valence-corrected chi connectivity index (χ0v) is 22.5. The molecule has 5 aliphatic carbocycles. The average molecular weight is 487 g/mol. The van der Waals surface area contributed by atoms with Crippen LogP contribution in [-0.4, -0.2) is 45.2 Å². The van der Waals surface area contributed by atoms with Crippen LogP contribution in [0.15, 0.2) is 23.3 Å². The van der Waals surface area contributed by atoms with Gasteiger partial charge in [0.25, 0.3) is 0 Å². The minimum Gasteiger partial charge on any atom is -0.481 e. The van der Waals surface area contributed by atoms with E-state index < -0.39 is 29.0 Å². The maximum atomic E-state index is 12.8. The number of carboxylic acids is 1. The maximum Gasteiger partial charge on any atom is 0.312 e. The number of carbonyl (C=O) groups is 1. The molecule has 0 aliphatic heterocycles. The summed E-state index contributed by atoms with van der Waals surface area (Å²) in [6.07, 6.45) is 9.16. The van der Waals surface area contributed by atoms with Crippen LogP contribution in [0.4, 0.5) is 0 Å². The van der Waals surface area contributed by atoms with Crippen molar-refractivity contribution in [1.82, 2.24) is 0 Å². The minimum absolute atomic E-state index is 0.0498. The molecule has 3 fully saturated rings. The highest BCUT2D eigenvalue weighted by molar-refractivity contribution is 5.77. The van der Waals surface area contributed by atoms with E-state index >= 15 is 0 Å². The van der Waals surface area contributed by atoms with Crippen LogP contribution in [0.25, 0.3) is 0 Å². The van der Waals surface area contributed by atoms with Crippen LogP contribution >= 0.6 is 0 Å². The van der Waals surface area contributed by atoms with Gasteiger partial charge in [-0.3, -0.25) is 4.79 Å². The Morgan fingerprint density at radius 3 is 2.29 bits per heavy atom. The van der Waals surface area contributed by atoms with Crippen molar-refractivity contribution in [3.63, 3.8) is 0 Å². The molecule has 0 radical (unpaired) electrons. The second kappa shape index (κ2) is 7.45. The number of allylic oxidation sites excluding steroid dienone is 3. The second-order valence-electron chi connectivity index (χ2n) is 14.6. The molecule has 0 bridgehead atoms. The molecular weight excluding hydrogens is 440 g/mol. The molecule has 0 amide bonds. The highest BCUT2D eigenvalue weighted by atomic mass is 16.4. The summed E-state index contributed by atoms with van der Waals surface area (Å²) in [5, 5.41) is 43.4. The Morgan fingerprint density at radius 2 is 1.66 bits per heavy atom. The van der Waals surface area contributed by atoms with Gasteiger partial charge in [-0.25, -0.2) is 0 Å². The van der Waals surface area contributed by atoms with E-state index in [4.69, 9.17) is 0 Å². The first-order valence-corrected chi connectivity index (χ1v) is 13.7. The van der Waals surface area contributed by atoms with Crippen LogP contribution in [0.5, 0.6) is 0 Å². The van der Waals surface area contributed by atoms with Crippen LogP contribution in [0.2, 0.25) is 0 Å². The lowest BCUT2D eigenvalue weighted by atomic mass is 9.35. The summed E-state index contributed by atoms with van der Waals surface area (Å²) in [5.74, 6) is -0.675. The lowest BCUT2D eigenvalue weighted by Gasteiger charge is -2.69. The lowest BCUT2D eigenvalue weighted by molar-refractivity contribution is -0.190. The van der Waals surface area contributed by atoms with Gasteiger partial charge in [-0.1, -0.05) is 64.8 Å². The molecule has 0 heterocycles. The number of hydrogen-bond acceptors (Lipinski definition) is 4. The van der Waals surface area contributed by atoms with Gasteiger partial charge in [-0.15, -0.1) is 0 Å². The van der Waals surface area contributed by atoms with E-state index in [1.165, 1.54) is 11.1 Å². The molecule has 3 saturated carbocycles. The van der Waals surface area contributed by atoms with Gasteiger partial charge in [-0.05, 0) is 84.9 Å². The highest BCUT2D eigenvalue weighted by Crippen LogP contribution is 2.74. The SMILES string of the molecule is CC1(C)CC[C@]2(C(=O)O)[C@H](O)C[C@]3(C)C(=CC[C@@H]4[C@@]5(C)CC[C@H](O)[C@@](C)(CO)C5=CC[C@]43C)[C@@H]2C1. The van der Waals surface area contributed by atoms with Gasteiger partial charge in [0, 0.05) is 5.41 Å². The molecule has 0 aromatic rings. The predicted molar refractivity (Wildman–Crippen MR) is 135 cm³/mol. The van der Waals surface area contributed by atoms with E-state index in [1.54, 1.807) is 0 Å². The highest BCUT2D eigenvalue weighted by Gasteiger charge is 2.70. The van der Waals surface area contributed by atoms with E-state index in [-0.39, 0.29) is 34.2 Å². The normalized spacial score (nSPS) is 52.7. The molecule has 35 heavy (non-hydrogen) atoms. The molecule has 0 unspecified atom stereocenters. The Labute approximate surface area is 210 Å². The van der Waals surface area contributed by atoms with Gasteiger partial charge in [0.15, 0.2) is 0 Å². The summed E-state index contributed by atoms with van der Waals surface area (Å²) in [7, 11) is 0. The fourth-order valence-corrected chi connectivity index (χ4v) is 10.0. The quantitative estimate of drug-likeness (QED) is 0.407. The molecular formula is C30H46O5. The van der Waals surface area contributed by atoms with Gasteiger partial charge in [0.1, 0.15) is 5.41 Å². The number of rotatable bonds is 2. The molecule has 4 N–H and O–H groups in total. The smallest absolute Gasteiger partial charge is 0.312 e. The zero-order valence-electron chi connectivity index (χ0n) is 22.5. The Balaban J connectivity index is 1.65. The van der Waals surface area contributed by atoms with E-state index in [1.807, 2.05) is 6.92 Å². The van der Waals surface area contributed by atoms with Crippen molar-refractivity contribution in [2.24, 2.45) is 44.3 Å². The Hall–Kier alpha value is -1.17. The molecule has 196 valence electrons. The summed E-state index contributed by atoms with van der Waals surface area (Å²) in [6, 6.07) is 0. The molecule has 5 heteroatoms. The summed E-state index contributed by atoms with van der Waals surface area (Å²) in [4.78, 5) is 12.8. The van der Waals surface area contributed by atoms with Crippen LogP contribution in [-0.2, 0) is 4.79 Å². The molecule has 0 saturated heterocycles. The third kappa shape index (κ3) is 2.95. The number of aliphatic hydroxyl groups is 3. The Morgan fingerprint density at radius 1 is 0.971 bits per heavy atom. The fraction of sp³-hybridized carbons (Fsp3) is 0.833. The molecule has 9 atom stereocenters. The summed E-state index contributed by atoms with van der Waals surface area (Å²) < 4.78 is 0. The lowest BCUT2D eigenvalue weighted by Crippen LogP contribution is -2.66. The first-order valence-electron chi connectivity index (χ1n) is 13.7. The number of fused-ring (bicyclic) bond motifs is 7. The van der Waals surface area contributed by atoms with Gasteiger partial charge in [-0.2, -0.15) is 0 Å². The first-order chi connectivity index (χ1) is 16.1. The summed E-state index contributed by atoms with van der Waals surface area (Å²) >= 11 is 0. The van der Waals surface area contributed by atoms with E-state index in [0.717, 1.165) is 32.1 Å². The maximum absolute atomic E-state index is 12.8. The van der Waals surface area contributed by atoms with Crippen molar-refractivity contribution < 1.29 is 25.2 Å². The van der Waals surface area contributed by atoms with Gasteiger partial charge >= 0.3 is 5.97 Å². The largest absolute Gasteiger partial charge is 0.481 e. The van der Waals surface area contributed by atoms with E-state index in [9.17, 15) is 25.2 Å². The van der Waals surface area contributed by atoms with Gasteiger partial charge < -0.3 is 20.4 Å². The van der Waals surface area contributed by atoms with Gasteiger partial charge in [0.05, 0.1) is 18.8 Å². The van der Waals surface area contributed by atoms with E-state index in [0.29, 0.717) is 25.2 Å². The van der Waals surface area contributed by atoms with E-state index in [2.05, 4.69) is 46.8 Å². The van der Waals surface area contributed by atoms with Crippen molar-refractivity contribution in [3.8, 4) is 0 Å². The number of hydrogen-bond donors (Lipinski definition) is 4. The number of aliphatic hydroxyl groups excluding tert-OH is 3. The molecule has 0 spiro atoms. The first kappa shape index (κ1) is 25.5. The monoisotopic (exact) mass is 486 g/mol. The Bertz CT molecular complexity index is 997. The average Bonchev–Trinajstić information content (AvgIpc) is 2.76. The molecule has 5 rings (SSSR count). The van der Waals surface area contributed by atoms with Crippen LogP contribution < -0.4 is 0 Å². The van der Waals surface area contributed by atoms with Crippen molar-refractivity contribution >= 4 is 5.97 Å².